The smallest absolute Gasteiger partial charge is 0.260 e. The van der Waals surface area contributed by atoms with Gasteiger partial charge in [0.15, 0.2) is 5.13 Å². The Morgan fingerprint density at radius 3 is 2.69 bits per heavy atom. The average Bonchev–Trinajstić information content (AvgIpc) is 3.52. The molecule has 0 radical (unpaired) electrons. The number of benzene rings is 2. The van der Waals surface area contributed by atoms with Gasteiger partial charge in [0.2, 0.25) is 10.0 Å². The van der Waals surface area contributed by atoms with Gasteiger partial charge >= 0.3 is 0 Å². The molecule has 3 aromatic rings. The summed E-state index contributed by atoms with van der Waals surface area (Å²) in [5.74, 6) is -0.235. The lowest BCUT2D eigenvalue weighted by molar-refractivity contribution is 0.0917. The van der Waals surface area contributed by atoms with E-state index in [1.54, 1.807) is 27.4 Å². The summed E-state index contributed by atoms with van der Waals surface area (Å²) in [6, 6.07) is 11.7. The molecular formula is C25H28ClN3O4S2. The largest absolute Gasteiger partial charge is 0.376 e. The molecule has 186 valence electrons. The maximum absolute atomic E-state index is 13.6. The van der Waals surface area contributed by atoms with Crippen molar-refractivity contribution in [1.29, 1.82) is 0 Å². The number of nitrogens with zero attached hydrogens (tertiary/aromatic N) is 3. The molecule has 3 heterocycles. The number of thiazole rings is 1. The first-order valence-corrected chi connectivity index (χ1v) is 14.6. The van der Waals surface area contributed by atoms with E-state index in [4.69, 9.17) is 16.3 Å². The quantitative estimate of drug-likeness (QED) is 0.427. The van der Waals surface area contributed by atoms with E-state index in [2.05, 4.69) is 4.98 Å². The molecule has 2 unspecified atom stereocenters. The van der Waals surface area contributed by atoms with Gasteiger partial charge in [0.05, 0.1) is 27.8 Å². The fourth-order valence-corrected chi connectivity index (χ4v) is 7.68. The van der Waals surface area contributed by atoms with E-state index in [9.17, 15) is 13.2 Å². The Balaban J connectivity index is 1.43. The zero-order valence-electron chi connectivity index (χ0n) is 19.5. The summed E-state index contributed by atoms with van der Waals surface area (Å²) in [4.78, 5) is 20.2. The summed E-state index contributed by atoms with van der Waals surface area (Å²) in [6.07, 6.45) is 4.55. The van der Waals surface area contributed by atoms with Gasteiger partial charge in [0.25, 0.3) is 5.91 Å². The molecule has 2 aliphatic heterocycles. The maximum Gasteiger partial charge on any atom is 0.260 e. The zero-order chi connectivity index (χ0) is 24.6. The highest BCUT2D eigenvalue weighted by Gasteiger charge is 2.32. The van der Waals surface area contributed by atoms with Crippen molar-refractivity contribution in [1.82, 2.24) is 9.29 Å². The molecule has 7 nitrogen and oxygen atoms in total. The van der Waals surface area contributed by atoms with Crippen LogP contribution in [0.4, 0.5) is 5.13 Å². The average molecular weight is 534 g/mol. The summed E-state index contributed by atoms with van der Waals surface area (Å²) in [6.45, 7) is 3.55. The van der Waals surface area contributed by atoms with Crippen LogP contribution in [-0.2, 0) is 14.8 Å². The van der Waals surface area contributed by atoms with Crippen molar-refractivity contribution in [2.45, 2.75) is 56.1 Å². The first kappa shape index (κ1) is 24.6. The molecule has 2 atom stereocenters. The minimum absolute atomic E-state index is 0.0236. The first-order chi connectivity index (χ1) is 16.8. The van der Waals surface area contributed by atoms with Gasteiger partial charge in [-0.15, -0.1) is 0 Å². The summed E-state index contributed by atoms with van der Waals surface area (Å²) >= 11 is 7.55. The molecule has 35 heavy (non-hydrogen) atoms. The van der Waals surface area contributed by atoms with Crippen LogP contribution in [0.1, 0.15) is 49.4 Å². The fraction of sp³-hybridized carbons (Fsp3) is 0.440. The number of piperidine rings is 1. The molecule has 2 fully saturated rings. The minimum atomic E-state index is -3.60. The molecule has 0 bridgehead atoms. The minimum Gasteiger partial charge on any atom is -0.376 e. The Labute approximate surface area is 214 Å². The zero-order valence-corrected chi connectivity index (χ0v) is 21.9. The Morgan fingerprint density at radius 2 is 1.97 bits per heavy atom. The van der Waals surface area contributed by atoms with Gasteiger partial charge in [-0.3, -0.25) is 9.69 Å². The number of rotatable bonds is 6. The van der Waals surface area contributed by atoms with Gasteiger partial charge in [0.1, 0.15) is 0 Å². The monoisotopic (exact) mass is 533 g/mol. The van der Waals surface area contributed by atoms with Crippen LogP contribution in [0.25, 0.3) is 10.2 Å². The van der Waals surface area contributed by atoms with Gasteiger partial charge in [-0.1, -0.05) is 29.4 Å². The van der Waals surface area contributed by atoms with Crippen molar-refractivity contribution in [3.8, 4) is 0 Å². The fourth-order valence-electron chi connectivity index (χ4n) is 4.73. The topological polar surface area (TPSA) is 79.8 Å². The van der Waals surface area contributed by atoms with Crippen LogP contribution in [0, 0.1) is 0 Å². The molecular weight excluding hydrogens is 506 g/mol. The Bertz CT molecular complexity index is 1320. The molecule has 2 aromatic carbocycles. The van der Waals surface area contributed by atoms with E-state index in [1.807, 2.05) is 19.1 Å². The molecule has 0 saturated carbocycles. The predicted octanol–water partition coefficient (Wildman–Crippen LogP) is 5.34. The van der Waals surface area contributed by atoms with Gasteiger partial charge in [-0.25, -0.2) is 13.4 Å². The molecule has 10 heteroatoms. The van der Waals surface area contributed by atoms with E-state index in [-0.39, 0.29) is 22.9 Å². The first-order valence-electron chi connectivity index (χ1n) is 11.9. The van der Waals surface area contributed by atoms with Crippen LogP contribution in [0.3, 0.4) is 0 Å². The normalized spacial score (nSPS) is 21.4. The maximum atomic E-state index is 13.6. The van der Waals surface area contributed by atoms with Gasteiger partial charge in [0, 0.05) is 29.8 Å². The second kappa shape index (κ2) is 10.1. The Kier molecular flexibility index (Phi) is 7.14. The van der Waals surface area contributed by atoms with E-state index in [0.29, 0.717) is 35.4 Å². The van der Waals surface area contributed by atoms with Crippen molar-refractivity contribution in [3.63, 3.8) is 0 Å². The van der Waals surface area contributed by atoms with Crippen LogP contribution in [-0.4, -0.2) is 55.5 Å². The number of anilines is 1. The van der Waals surface area contributed by atoms with Crippen LogP contribution in [0.2, 0.25) is 5.02 Å². The number of carbonyl (C=O) groups is 1. The summed E-state index contributed by atoms with van der Waals surface area (Å²) in [7, 11) is -3.60. The highest BCUT2D eigenvalue weighted by Crippen LogP contribution is 2.33. The van der Waals surface area contributed by atoms with E-state index < -0.39 is 10.0 Å². The third-order valence-corrected chi connectivity index (χ3v) is 9.98. The number of hydrogen-bond acceptors (Lipinski definition) is 6. The summed E-state index contributed by atoms with van der Waals surface area (Å²) in [5.41, 5.74) is 1.18. The molecule has 1 aromatic heterocycles. The molecule has 2 aliphatic rings. The summed E-state index contributed by atoms with van der Waals surface area (Å²) in [5, 5.41) is 1.19. The molecule has 2 saturated heterocycles. The lowest BCUT2D eigenvalue weighted by atomic mass is 10.1. The SMILES string of the molecule is CC1CCCCN1S(=O)(=O)c1ccc(C(=O)N(CC2CCCO2)c2nc3ccc(Cl)cc3s2)cc1. The van der Waals surface area contributed by atoms with Gasteiger partial charge in [-0.05, 0) is 75.1 Å². The lowest BCUT2D eigenvalue weighted by Crippen LogP contribution is -2.42. The van der Waals surface area contributed by atoms with Gasteiger partial charge < -0.3 is 4.74 Å². The van der Waals surface area contributed by atoms with Crippen LogP contribution >= 0.6 is 22.9 Å². The number of ether oxygens (including phenoxy) is 1. The molecule has 5 rings (SSSR count). The number of carbonyl (C=O) groups excluding carboxylic acids is 1. The number of aromatic nitrogens is 1. The second-order valence-electron chi connectivity index (χ2n) is 9.14. The van der Waals surface area contributed by atoms with Crippen molar-refractivity contribution >= 4 is 54.2 Å². The molecule has 0 spiro atoms. The molecule has 0 aliphatic carbocycles. The van der Waals surface area contributed by atoms with Crippen molar-refractivity contribution in [2.75, 3.05) is 24.6 Å². The highest BCUT2D eigenvalue weighted by atomic mass is 35.5. The molecule has 0 N–H and O–H groups in total. The number of sulfonamides is 1. The van der Waals surface area contributed by atoms with E-state index in [0.717, 1.165) is 42.3 Å². The number of halogens is 1. The Morgan fingerprint density at radius 1 is 1.17 bits per heavy atom. The summed E-state index contributed by atoms with van der Waals surface area (Å²) < 4.78 is 34.6. The number of hydrogen-bond donors (Lipinski definition) is 0. The predicted molar refractivity (Wildman–Crippen MR) is 139 cm³/mol. The number of fused-ring (bicyclic) bond motifs is 1. The van der Waals surface area contributed by atoms with E-state index >= 15 is 0 Å². The third kappa shape index (κ3) is 5.11. The van der Waals surface area contributed by atoms with Crippen LogP contribution in [0.5, 0.6) is 0 Å². The van der Waals surface area contributed by atoms with Crippen molar-refractivity contribution < 1.29 is 17.9 Å². The number of amides is 1. The lowest BCUT2D eigenvalue weighted by Gasteiger charge is -2.32. The molecule has 1 amide bonds. The van der Waals surface area contributed by atoms with E-state index in [1.165, 1.54) is 23.5 Å². The van der Waals surface area contributed by atoms with Crippen molar-refractivity contribution in [3.05, 3.63) is 53.1 Å². The Hall–Kier alpha value is -2.04. The van der Waals surface area contributed by atoms with Crippen LogP contribution in [0.15, 0.2) is 47.4 Å². The highest BCUT2D eigenvalue weighted by molar-refractivity contribution is 7.89. The second-order valence-corrected chi connectivity index (χ2v) is 12.5. The van der Waals surface area contributed by atoms with Gasteiger partial charge in [-0.2, -0.15) is 4.31 Å². The third-order valence-electron chi connectivity index (χ3n) is 6.68. The standard InChI is InChI=1S/C25H28ClN3O4S2/c1-17-5-2-3-13-29(17)35(31,32)21-10-7-18(8-11-21)24(30)28(16-20-6-4-14-33-20)25-27-22-12-9-19(26)15-23(22)34-25/h7-12,15,17,20H,2-6,13-14,16H2,1H3. The van der Waals surface area contributed by atoms with Crippen LogP contribution < -0.4 is 4.90 Å². The van der Waals surface area contributed by atoms with Crippen molar-refractivity contribution in [2.24, 2.45) is 0 Å².